The van der Waals surface area contributed by atoms with Crippen molar-refractivity contribution in [3.8, 4) is 0 Å². The highest BCUT2D eigenvalue weighted by Gasteiger charge is 2.70. The van der Waals surface area contributed by atoms with Crippen LogP contribution < -0.4 is 0 Å². The summed E-state index contributed by atoms with van der Waals surface area (Å²) in [4.78, 5) is 7.03. The number of hydrogen-bond acceptors (Lipinski definition) is 5. The fraction of sp³-hybridized carbons (Fsp3) is 0.381. The van der Waals surface area contributed by atoms with Gasteiger partial charge in [-0.1, -0.05) is 42.5 Å². The molecule has 0 amide bonds. The van der Waals surface area contributed by atoms with Crippen molar-refractivity contribution >= 4 is 21.6 Å². The number of fused-ring (bicyclic) bond motifs is 1. The predicted octanol–water partition coefficient (Wildman–Crippen LogP) is 2.87. The van der Waals surface area contributed by atoms with E-state index in [1.165, 1.54) is 10.3 Å². The van der Waals surface area contributed by atoms with Crippen LogP contribution in [0.25, 0.3) is 10.2 Å². The topological polar surface area (TPSA) is 56.6 Å². The van der Waals surface area contributed by atoms with E-state index in [4.69, 9.17) is 4.98 Å². The number of rotatable bonds is 4. The smallest absolute Gasteiger partial charge is 0.108 e. The second-order valence-electron chi connectivity index (χ2n) is 7.55. The quantitative estimate of drug-likeness (QED) is 0.746. The molecule has 1 saturated carbocycles. The molecule has 1 saturated heterocycles. The fourth-order valence-electron chi connectivity index (χ4n) is 4.96. The molecule has 0 bridgehead atoms. The van der Waals surface area contributed by atoms with E-state index >= 15 is 0 Å². The third-order valence-corrected chi connectivity index (χ3v) is 7.19. The van der Waals surface area contributed by atoms with Crippen molar-refractivity contribution in [2.45, 2.75) is 18.6 Å². The number of likely N-dealkylation sites (tertiary alicyclic amines) is 1. The number of aliphatic hydroxyl groups excluding tert-OH is 2. The fourth-order valence-corrected chi connectivity index (χ4v) is 5.97. The number of benzene rings is 2. The van der Waals surface area contributed by atoms with Crippen molar-refractivity contribution in [2.24, 2.45) is 11.3 Å². The highest BCUT2D eigenvalue weighted by molar-refractivity contribution is 7.18. The average molecular weight is 366 g/mol. The van der Waals surface area contributed by atoms with Crippen molar-refractivity contribution in [2.75, 3.05) is 19.7 Å². The normalized spacial score (nSPS) is 31.1. The Morgan fingerprint density at radius 1 is 1.12 bits per heavy atom. The van der Waals surface area contributed by atoms with Crippen LogP contribution in [0.5, 0.6) is 0 Å². The maximum Gasteiger partial charge on any atom is 0.108 e. The van der Waals surface area contributed by atoms with Crippen LogP contribution in [0.15, 0.2) is 54.6 Å². The third kappa shape index (κ3) is 2.42. The molecule has 3 aromatic rings. The van der Waals surface area contributed by atoms with E-state index in [0.717, 1.165) is 23.6 Å². The van der Waals surface area contributed by atoms with Crippen molar-refractivity contribution in [1.82, 2.24) is 9.88 Å². The molecule has 4 atom stereocenters. The largest absolute Gasteiger partial charge is 0.396 e. The number of thiazole rings is 1. The number of para-hydroxylation sites is 1. The minimum absolute atomic E-state index is 0.131. The number of hydrogen-bond donors (Lipinski definition) is 2. The average Bonchev–Trinajstić information content (AvgIpc) is 2.93. The van der Waals surface area contributed by atoms with Gasteiger partial charge in [0.05, 0.1) is 22.9 Å². The molecule has 1 spiro atoms. The molecule has 0 radical (unpaired) electrons. The highest BCUT2D eigenvalue weighted by Crippen LogP contribution is 2.68. The first-order valence-electron chi connectivity index (χ1n) is 9.13. The molecule has 2 aliphatic rings. The Labute approximate surface area is 156 Å². The third-order valence-electron chi connectivity index (χ3n) is 6.16. The first-order valence-corrected chi connectivity index (χ1v) is 9.94. The summed E-state index contributed by atoms with van der Waals surface area (Å²) in [7, 11) is 0. The second-order valence-corrected chi connectivity index (χ2v) is 8.67. The van der Waals surface area contributed by atoms with Gasteiger partial charge in [-0.25, -0.2) is 4.98 Å². The van der Waals surface area contributed by atoms with E-state index in [0.29, 0.717) is 6.54 Å². The summed E-state index contributed by atoms with van der Waals surface area (Å²) in [5.41, 5.74) is 2.06. The summed E-state index contributed by atoms with van der Waals surface area (Å²) in [5, 5.41) is 21.9. The molecule has 1 aromatic heterocycles. The van der Waals surface area contributed by atoms with Crippen molar-refractivity contribution in [3.63, 3.8) is 0 Å². The van der Waals surface area contributed by atoms with Crippen LogP contribution in [0, 0.1) is 11.3 Å². The Bertz CT molecular complexity index is 895. The molecular formula is C21H22N2O2S. The van der Waals surface area contributed by atoms with E-state index in [9.17, 15) is 10.2 Å². The molecule has 0 unspecified atom stereocenters. The maximum absolute atomic E-state index is 10.9. The lowest BCUT2D eigenvalue weighted by Crippen LogP contribution is -2.23. The van der Waals surface area contributed by atoms with E-state index in [2.05, 4.69) is 23.1 Å². The minimum Gasteiger partial charge on any atom is -0.396 e. The Hall–Kier alpha value is -1.79. The first-order chi connectivity index (χ1) is 12.7. The zero-order chi connectivity index (χ0) is 17.7. The molecule has 5 rings (SSSR count). The lowest BCUT2D eigenvalue weighted by atomic mass is 9.95. The molecule has 2 fully saturated rings. The summed E-state index contributed by atoms with van der Waals surface area (Å²) >= 11 is 1.73. The summed E-state index contributed by atoms with van der Waals surface area (Å²) in [5.74, 6) is 0.379. The zero-order valence-corrected chi connectivity index (χ0v) is 15.3. The van der Waals surface area contributed by atoms with Gasteiger partial charge in [-0.15, -0.1) is 11.3 Å². The van der Waals surface area contributed by atoms with Gasteiger partial charge in [0.2, 0.25) is 0 Å². The van der Waals surface area contributed by atoms with Crippen molar-refractivity contribution in [3.05, 3.63) is 65.2 Å². The van der Waals surface area contributed by atoms with Crippen molar-refractivity contribution in [1.29, 1.82) is 0 Å². The molecule has 26 heavy (non-hydrogen) atoms. The Kier molecular flexibility index (Phi) is 3.87. The lowest BCUT2D eigenvalue weighted by molar-refractivity contribution is 0.111. The van der Waals surface area contributed by atoms with Gasteiger partial charge in [0, 0.05) is 25.1 Å². The van der Waals surface area contributed by atoms with E-state index in [-0.39, 0.29) is 23.9 Å². The maximum atomic E-state index is 10.9. The number of β-amino-alcohol motifs (C(OH)–C–C–N with tert-alkyl or cyclic N) is 1. The molecule has 5 heteroatoms. The molecule has 2 N–H and O–H groups in total. The Morgan fingerprint density at radius 2 is 1.88 bits per heavy atom. The molecule has 4 nitrogen and oxygen atoms in total. The van der Waals surface area contributed by atoms with Gasteiger partial charge in [-0.2, -0.15) is 0 Å². The second kappa shape index (κ2) is 6.13. The summed E-state index contributed by atoms with van der Waals surface area (Å²) in [6.07, 6.45) is -0.403. The molecule has 2 aromatic carbocycles. The van der Waals surface area contributed by atoms with Gasteiger partial charge >= 0.3 is 0 Å². The Morgan fingerprint density at radius 3 is 2.65 bits per heavy atom. The molecule has 2 heterocycles. The lowest BCUT2D eigenvalue weighted by Gasteiger charge is -2.15. The van der Waals surface area contributed by atoms with Gasteiger partial charge < -0.3 is 10.2 Å². The van der Waals surface area contributed by atoms with Crippen LogP contribution in [0.3, 0.4) is 0 Å². The number of nitrogens with zero attached hydrogens (tertiary/aromatic N) is 2. The van der Waals surface area contributed by atoms with Crippen LogP contribution in [0.1, 0.15) is 16.5 Å². The summed E-state index contributed by atoms with van der Waals surface area (Å²) < 4.78 is 1.21. The van der Waals surface area contributed by atoms with E-state index < -0.39 is 6.10 Å². The van der Waals surface area contributed by atoms with Gasteiger partial charge in [-0.05, 0) is 29.5 Å². The molecule has 1 aliphatic heterocycles. The SMILES string of the molecule is OC[C@@H]1[C@@H](c2ccccc2)[C@]12CN(Cc1nc3ccccc3s1)C[C@H]2O. The Balaban J connectivity index is 1.38. The van der Waals surface area contributed by atoms with Crippen LogP contribution in [-0.4, -0.2) is 45.9 Å². The molecule has 134 valence electrons. The van der Waals surface area contributed by atoms with E-state index in [1.807, 2.05) is 36.4 Å². The summed E-state index contributed by atoms with van der Waals surface area (Å²) in [6.45, 7) is 2.36. The molecule has 1 aliphatic carbocycles. The van der Waals surface area contributed by atoms with Crippen LogP contribution >= 0.6 is 11.3 Å². The van der Waals surface area contributed by atoms with Gasteiger partial charge in [0.1, 0.15) is 5.01 Å². The van der Waals surface area contributed by atoms with Crippen LogP contribution in [0.2, 0.25) is 0 Å². The number of aliphatic hydroxyl groups is 2. The zero-order valence-electron chi connectivity index (χ0n) is 14.5. The molecular weight excluding hydrogens is 344 g/mol. The van der Waals surface area contributed by atoms with Crippen molar-refractivity contribution < 1.29 is 10.2 Å². The predicted molar refractivity (Wildman–Crippen MR) is 103 cm³/mol. The first kappa shape index (κ1) is 16.4. The van der Waals surface area contributed by atoms with Gasteiger partial charge in [0.25, 0.3) is 0 Å². The number of aromatic nitrogens is 1. The minimum atomic E-state index is -0.403. The van der Waals surface area contributed by atoms with E-state index in [1.54, 1.807) is 11.3 Å². The van der Waals surface area contributed by atoms with Crippen LogP contribution in [-0.2, 0) is 6.54 Å². The highest BCUT2D eigenvalue weighted by atomic mass is 32.1. The van der Waals surface area contributed by atoms with Gasteiger partial charge in [0.15, 0.2) is 0 Å². The van der Waals surface area contributed by atoms with Crippen LogP contribution in [0.4, 0.5) is 0 Å². The monoisotopic (exact) mass is 366 g/mol. The summed E-state index contributed by atoms with van der Waals surface area (Å²) in [6, 6.07) is 18.5. The standard InChI is InChI=1S/C21H22N2O2S/c24-12-15-20(14-6-2-1-3-7-14)21(15)13-23(10-18(21)25)11-19-22-16-8-4-5-9-17(16)26-19/h1-9,15,18,20,24-25H,10-13H2/t15-,18-,20-,21-/m1/s1. The van der Waals surface area contributed by atoms with Gasteiger partial charge in [-0.3, -0.25) is 4.90 Å².